The van der Waals surface area contributed by atoms with E-state index in [9.17, 15) is 0 Å². The molecule has 1 aliphatic carbocycles. The fourth-order valence-electron chi connectivity index (χ4n) is 1.85. The van der Waals surface area contributed by atoms with Gasteiger partial charge in [0.25, 0.3) is 0 Å². The lowest BCUT2D eigenvalue weighted by Gasteiger charge is -2.40. The van der Waals surface area contributed by atoms with Crippen LogP contribution in [-0.2, 0) is 0 Å². The molecule has 1 aliphatic rings. The van der Waals surface area contributed by atoms with Gasteiger partial charge >= 0.3 is 0 Å². The summed E-state index contributed by atoms with van der Waals surface area (Å²) >= 11 is 0. The van der Waals surface area contributed by atoms with Gasteiger partial charge in [0.2, 0.25) is 0 Å². The summed E-state index contributed by atoms with van der Waals surface area (Å²) in [6.45, 7) is 2.21. The van der Waals surface area contributed by atoms with Crippen LogP contribution in [0, 0.1) is 11.3 Å². The first-order valence-corrected chi connectivity index (χ1v) is 5.01. The Morgan fingerprint density at radius 3 is 2.64 bits per heavy atom. The number of anilines is 1. The lowest BCUT2D eigenvalue weighted by Crippen LogP contribution is -2.41. The molecule has 72 valence electrons. The SMILES string of the molecule is CC1(Nc2ccccc2C#N)CCC1. The van der Waals surface area contributed by atoms with E-state index < -0.39 is 0 Å². The molecule has 0 heterocycles. The summed E-state index contributed by atoms with van der Waals surface area (Å²) in [6, 6.07) is 9.89. The van der Waals surface area contributed by atoms with Crippen LogP contribution in [0.4, 0.5) is 5.69 Å². The summed E-state index contributed by atoms with van der Waals surface area (Å²) in [4.78, 5) is 0. The zero-order valence-electron chi connectivity index (χ0n) is 8.38. The second kappa shape index (κ2) is 3.34. The molecule has 1 N–H and O–H groups in total. The molecule has 0 unspecified atom stereocenters. The highest BCUT2D eigenvalue weighted by atomic mass is 15.0. The fourth-order valence-corrected chi connectivity index (χ4v) is 1.85. The molecule has 2 nitrogen and oxygen atoms in total. The Labute approximate surface area is 84.6 Å². The molecule has 0 aliphatic heterocycles. The minimum Gasteiger partial charge on any atom is -0.379 e. The zero-order valence-corrected chi connectivity index (χ0v) is 8.38. The number of benzene rings is 1. The second-order valence-electron chi connectivity index (χ2n) is 4.20. The van der Waals surface area contributed by atoms with Gasteiger partial charge < -0.3 is 5.32 Å². The Balaban J connectivity index is 2.20. The molecule has 1 aromatic rings. The van der Waals surface area contributed by atoms with Crippen molar-refractivity contribution in [1.29, 1.82) is 5.26 Å². The van der Waals surface area contributed by atoms with Crippen molar-refractivity contribution < 1.29 is 0 Å². The van der Waals surface area contributed by atoms with E-state index in [2.05, 4.69) is 18.3 Å². The van der Waals surface area contributed by atoms with Crippen molar-refractivity contribution in [2.75, 3.05) is 5.32 Å². The third-order valence-corrected chi connectivity index (χ3v) is 2.94. The first-order valence-electron chi connectivity index (χ1n) is 5.01. The summed E-state index contributed by atoms with van der Waals surface area (Å²) in [5.41, 5.74) is 1.92. The molecule has 0 radical (unpaired) electrons. The quantitative estimate of drug-likeness (QED) is 0.770. The molecule has 0 amide bonds. The van der Waals surface area contributed by atoms with Crippen molar-refractivity contribution in [1.82, 2.24) is 0 Å². The van der Waals surface area contributed by atoms with Crippen molar-refractivity contribution in [2.24, 2.45) is 0 Å². The van der Waals surface area contributed by atoms with Gasteiger partial charge in [0.15, 0.2) is 0 Å². The van der Waals surface area contributed by atoms with E-state index >= 15 is 0 Å². The smallest absolute Gasteiger partial charge is 0.101 e. The third kappa shape index (κ3) is 1.58. The van der Waals surface area contributed by atoms with Crippen molar-refractivity contribution in [3.63, 3.8) is 0 Å². The van der Waals surface area contributed by atoms with Crippen LogP contribution in [-0.4, -0.2) is 5.54 Å². The third-order valence-electron chi connectivity index (χ3n) is 2.94. The van der Waals surface area contributed by atoms with Crippen LogP contribution in [0.5, 0.6) is 0 Å². The highest BCUT2D eigenvalue weighted by Crippen LogP contribution is 2.35. The predicted molar refractivity (Wildman–Crippen MR) is 57.0 cm³/mol. The van der Waals surface area contributed by atoms with E-state index in [1.807, 2.05) is 24.3 Å². The molecule has 1 saturated carbocycles. The molecular formula is C12H14N2. The topological polar surface area (TPSA) is 35.8 Å². The molecular weight excluding hydrogens is 172 g/mol. The van der Waals surface area contributed by atoms with Gasteiger partial charge in [0.1, 0.15) is 6.07 Å². The maximum absolute atomic E-state index is 8.92. The van der Waals surface area contributed by atoms with Crippen molar-refractivity contribution >= 4 is 5.69 Å². The van der Waals surface area contributed by atoms with Gasteiger partial charge in [-0.05, 0) is 38.3 Å². The molecule has 0 spiro atoms. The second-order valence-corrected chi connectivity index (χ2v) is 4.20. The van der Waals surface area contributed by atoms with Gasteiger partial charge in [-0.3, -0.25) is 0 Å². The van der Waals surface area contributed by atoms with Crippen molar-refractivity contribution in [3.05, 3.63) is 29.8 Å². The van der Waals surface area contributed by atoms with E-state index in [1.165, 1.54) is 19.3 Å². The van der Waals surface area contributed by atoms with Gasteiger partial charge in [-0.1, -0.05) is 12.1 Å². The summed E-state index contributed by atoms with van der Waals surface area (Å²) in [5, 5.41) is 12.4. The maximum atomic E-state index is 8.92. The van der Waals surface area contributed by atoms with E-state index in [1.54, 1.807) is 0 Å². The minimum absolute atomic E-state index is 0.215. The Bertz CT molecular complexity index is 372. The van der Waals surface area contributed by atoms with E-state index in [4.69, 9.17) is 5.26 Å². The van der Waals surface area contributed by atoms with Gasteiger partial charge in [0, 0.05) is 5.54 Å². The van der Waals surface area contributed by atoms with Crippen molar-refractivity contribution in [2.45, 2.75) is 31.7 Å². The summed E-state index contributed by atoms with van der Waals surface area (Å²) < 4.78 is 0. The minimum atomic E-state index is 0.215. The first-order chi connectivity index (χ1) is 6.73. The lowest BCUT2D eigenvalue weighted by molar-refractivity contribution is 0.306. The Kier molecular flexibility index (Phi) is 2.17. The number of hydrogen-bond donors (Lipinski definition) is 1. The van der Waals surface area contributed by atoms with Crippen LogP contribution in [0.1, 0.15) is 31.7 Å². The number of nitrogens with zero attached hydrogens (tertiary/aromatic N) is 1. The summed E-state index contributed by atoms with van der Waals surface area (Å²) in [6.07, 6.45) is 3.69. The molecule has 2 rings (SSSR count). The maximum Gasteiger partial charge on any atom is 0.101 e. The predicted octanol–water partition coefficient (Wildman–Crippen LogP) is 2.91. The molecule has 14 heavy (non-hydrogen) atoms. The zero-order chi connectivity index (χ0) is 10.0. The highest BCUT2D eigenvalue weighted by Gasteiger charge is 2.31. The fraction of sp³-hybridized carbons (Fsp3) is 0.417. The summed E-state index contributed by atoms with van der Waals surface area (Å²) in [5.74, 6) is 0. The Hall–Kier alpha value is -1.49. The lowest BCUT2D eigenvalue weighted by atomic mass is 9.78. The molecule has 0 atom stereocenters. The number of para-hydroxylation sites is 1. The molecule has 2 heteroatoms. The molecule has 1 aromatic carbocycles. The number of nitriles is 1. The van der Waals surface area contributed by atoms with Gasteiger partial charge in [0.05, 0.1) is 11.3 Å². The number of hydrogen-bond acceptors (Lipinski definition) is 2. The average molecular weight is 186 g/mol. The van der Waals surface area contributed by atoms with Crippen LogP contribution in [0.2, 0.25) is 0 Å². The number of nitrogens with one attached hydrogen (secondary N) is 1. The van der Waals surface area contributed by atoms with E-state index in [0.717, 1.165) is 11.3 Å². The first kappa shape index (κ1) is 9.08. The Morgan fingerprint density at radius 2 is 2.07 bits per heavy atom. The standard InChI is InChI=1S/C12H14N2/c1-12(7-4-8-12)14-11-6-3-2-5-10(11)9-13/h2-3,5-6,14H,4,7-8H2,1H3. The normalized spacial score (nSPS) is 18.0. The molecule has 0 bridgehead atoms. The van der Waals surface area contributed by atoms with Crippen LogP contribution in [0.15, 0.2) is 24.3 Å². The van der Waals surface area contributed by atoms with Crippen LogP contribution in [0.25, 0.3) is 0 Å². The molecule has 1 fully saturated rings. The van der Waals surface area contributed by atoms with Gasteiger partial charge in [-0.15, -0.1) is 0 Å². The highest BCUT2D eigenvalue weighted by molar-refractivity contribution is 5.58. The van der Waals surface area contributed by atoms with Crippen LogP contribution >= 0.6 is 0 Å². The average Bonchev–Trinajstić information content (AvgIpc) is 2.16. The number of rotatable bonds is 2. The molecule has 0 saturated heterocycles. The van der Waals surface area contributed by atoms with Crippen LogP contribution < -0.4 is 5.32 Å². The monoisotopic (exact) mass is 186 g/mol. The van der Waals surface area contributed by atoms with Gasteiger partial charge in [-0.2, -0.15) is 5.26 Å². The van der Waals surface area contributed by atoms with Crippen molar-refractivity contribution in [3.8, 4) is 6.07 Å². The molecule has 0 aromatic heterocycles. The van der Waals surface area contributed by atoms with Gasteiger partial charge in [-0.25, -0.2) is 0 Å². The van der Waals surface area contributed by atoms with E-state index in [-0.39, 0.29) is 5.54 Å². The summed E-state index contributed by atoms with van der Waals surface area (Å²) in [7, 11) is 0. The van der Waals surface area contributed by atoms with E-state index in [0.29, 0.717) is 0 Å². The van der Waals surface area contributed by atoms with Crippen LogP contribution in [0.3, 0.4) is 0 Å². The largest absolute Gasteiger partial charge is 0.379 e. The Morgan fingerprint density at radius 1 is 1.36 bits per heavy atom.